The highest BCUT2D eigenvalue weighted by Gasteiger charge is 2.35. The predicted octanol–water partition coefficient (Wildman–Crippen LogP) is 1.84. The van der Waals surface area contributed by atoms with Gasteiger partial charge in [0.2, 0.25) is 11.8 Å². The molecule has 2 fully saturated rings. The summed E-state index contributed by atoms with van der Waals surface area (Å²) >= 11 is 0. The fourth-order valence-corrected chi connectivity index (χ4v) is 3.69. The summed E-state index contributed by atoms with van der Waals surface area (Å²) in [6.45, 7) is 1.32. The van der Waals surface area contributed by atoms with E-state index >= 15 is 0 Å². The number of carbonyl (C=O) groups is 2. The number of nitrogens with zero attached hydrogens (tertiary/aromatic N) is 1. The van der Waals surface area contributed by atoms with Crippen LogP contribution in [0.3, 0.4) is 0 Å². The first-order valence-electron chi connectivity index (χ1n) is 8.46. The fraction of sp³-hybridized carbons (Fsp3) is 0.556. The molecule has 5 heteroatoms. The van der Waals surface area contributed by atoms with Crippen LogP contribution < -0.4 is 5.32 Å². The number of nitrogens with one attached hydrogen (secondary N) is 1. The molecule has 1 aromatic rings. The lowest BCUT2D eigenvalue weighted by atomic mass is 10.1. The number of hydrogen-bond donors (Lipinski definition) is 2. The van der Waals surface area contributed by atoms with Gasteiger partial charge in [0.05, 0.1) is 6.42 Å². The number of phenolic OH excluding ortho intramolecular Hbond substituents is 1. The number of hydrogen-bond acceptors (Lipinski definition) is 3. The molecule has 124 valence electrons. The van der Waals surface area contributed by atoms with Crippen LogP contribution in [0.4, 0.5) is 0 Å². The molecule has 1 saturated carbocycles. The summed E-state index contributed by atoms with van der Waals surface area (Å²) in [7, 11) is 0. The van der Waals surface area contributed by atoms with Crippen molar-refractivity contribution >= 4 is 11.8 Å². The molecule has 3 rings (SSSR count). The zero-order valence-electron chi connectivity index (χ0n) is 13.3. The molecule has 5 nitrogen and oxygen atoms in total. The van der Waals surface area contributed by atoms with Gasteiger partial charge in [0, 0.05) is 31.5 Å². The van der Waals surface area contributed by atoms with Crippen LogP contribution in [-0.2, 0) is 16.0 Å². The topological polar surface area (TPSA) is 69.6 Å². The largest absolute Gasteiger partial charge is 0.508 e. The molecule has 1 heterocycles. The Hall–Kier alpha value is -2.04. The van der Waals surface area contributed by atoms with Crippen LogP contribution in [0, 0.1) is 5.92 Å². The molecular formula is C18H24N2O3. The van der Waals surface area contributed by atoms with E-state index in [9.17, 15) is 14.7 Å². The van der Waals surface area contributed by atoms with E-state index in [1.54, 1.807) is 18.2 Å². The van der Waals surface area contributed by atoms with Gasteiger partial charge in [-0.05, 0) is 30.5 Å². The molecule has 0 radical (unpaired) electrons. The highest BCUT2D eigenvalue weighted by atomic mass is 16.3. The van der Waals surface area contributed by atoms with E-state index in [1.165, 1.54) is 12.8 Å². The van der Waals surface area contributed by atoms with E-state index in [4.69, 9.17) is 0 Å². The highest BCUT2D eigenvalue weighted by molar-refractivity contribution is 5.80. The van der Waals surface area contributed by atoms with Gasteiger partial charge in [-0.1, -0.05) is 25.0 Å². The number of likely N-dealkylation sites (tertiary alicyclic amines) is 1. The van der Waals surface area contributed by atoms with Gasteiger partial charge < -0.3 is 15.3 Å². The molecule has 1 aliphatic heterocycles. The second kappa shape index (κ2) is 7.02. The molecule has 0 unspecified atom stereocenters. The maximum absolute atomic E-state index is 12.1. The Morgan fingerprint density at radius 2 is 2.09 bits per heavy atom. The van der Waals surface area contributed by atoms with Crippen molar-refractivity contribution in [3.05, 3.63) is 29.8 Å². The summed E-state index contributed by atoms with van der Waals surface area (Å²) in [5.74, 6) is 0.562. The van der Waals surface area contributed by atoms with E-state index in [0.29, 0.717) is 19.0 Å². The first kappa shape index (κ1) is 15.8. The number of benzene rings is 1. The monoisotopic (exact) mass is 316 g/mol. The Kier molecular flexibility index (Phi) is 4.84. The van der Waals surface area contributed by atoms with Crippen LogP contribution in [-0.4, -0.2) is 41.0 Å². The number of carbonyl (C=O) groups excluding carboxylic acids is 2. The molecule has 0 aromatic heterocycles. The van der Waals surface area contributed by atoms with E-state index in [2.05, 4.69) is 5.32 Å². The smallest absolute Gasteiger partial charge is 0.224 e. The molecule has 0 bridgehead atoms. The molecule has 1 atom stereocenters. The normalized spacial score (nSPS) is 21.8. The van der Waals surface area contributed by atoms with Crippen LogP contribution in [0.25, 0.3) is 0 Å². The van der Waals surface area contributed by atoms with E-state index in [-0.39, 0.29) is 29.9 Å². The Morgan fingerprint density at radius 1 is 1.30 bits per heavy atom. The SMILES string of the molecule is O=C(Cc1cccc(O)c1)NC[C@H]1CC(=O)N(C2CCCC2)C1. The molecule has 2 N–H and O–H groups in total. The molecule has 1 aromatic carbocycles. The van der Waals surface area contributed by atoms with Crippen molar-refractivity contribution in [1.29, 1.82) is 0 Å². The molecule has 1 saturated heterocycles. The summed E-state index contributed by atoms with van der Waals surface area (Å²) in [6.07, 6.45) is 5.49. The van der Waals surface area contributed by atoms with Crippen molar-refractivity contribution < 1.29 is 14.7 Å². The van der Waals surface area contributed by atoms with Gasteiger partial charge in [-0.2, -0.15) is 0 Å². The van der Waals surface area contributed by atoms with Crippen molar-refractivity contribution in [2.24, 2.45) is 5.92 Å². The molecule has 0 spiro atoms. The lowest BCUT2D eigenvalue weighted by Gasteiger charge is -2.24. The van der Waals surface area contributed by atoms with Gasteiger partial charge in [0.15, 0.2) is 0 Å². The van der Waals surface area contributed by atoms with Crippen LogP contribution in [0.1, 0.15) is 37.7 Å². The Morgan fingerprint density at radius 3 is 2.83 bits per heavy atom. The zero-order chi connectivity index (χ0) is 16.2. The van der Waals surface area contributed by atoms with Gasteiger partial charge >= 0.3 is 0 Å². The number of amides is 2. The Balaban J connectivity index is 1.45. The molecule has 1 aliphatic carbocycles. The van der Waals surface area contributed by atoms with Crippen LogP contribution in [0.15, 0.2) is 24.3 Å². The lowest BCUT2D eigenvalue weighted by molar-refractivity contribution is -0.129. The van der Waals surface area contributed by atoms with Gasteiger partial charge in [-0.3, -0.25) is 9.59 Å². The molecule has 2 aliphatic rings. The second-order valence-electron chi connectivity index (χ2n) is 6.71. The third-order valence-electron chi connectivity index (χ3n) is 4.87. The minimum absolute atomic E-state index is 0.0673. The third-order valence-corrected chi connectivity index (χ3v) is 4.87. The van der Waals surface area contributed by atoms with E-state index < -0.39 is 0 Å². The average molecular weight is 316 g/mol. The molecule has 23 heavy (non-hydrogen) atoms. The number of phenols is 1. The average Bonchev–Trinajstić information content (AvgIpc) is 3.14. The number of aromatic hydroxyl groups is 1. The summed E-state index contributed by atoms with van der Waals surface area (Å²) in [5.41, 5.74) is 0.789. The van der Waals surface area contributed by atoms with Crippen molar-refractivity contribution in [3.63, 3.8) is 0 Å². The Bertz CT molecular complexity index is 581. The summed E-state index contributed by atoms with van der Waals surface area (Å²) in [4.78, 5) is 26.2. The van der Waals surface area contributed by atoms with Gasteiger partial charge in [0.25, 0.3) is 0 Å². The van der Waals surface area contributed by atoms with Gasteiger partial charge in [-0.15, -0.1) is 0 Å². The van der Waals surface area contributed by atoms with Crippen molar-refractivity contribution in [3.8, 4) is 5.75 Å². The maximum Gasteiger partial charge on any atom is 0.224 e. The summed E-state index contributed by atoms with van der Waals surface area (Å²) in [5, 5.41) is 12.3. The fourth-order valence-electron chi connectivity index (χ4n) is 3.69. The van der Waals surface area contributed by atoms with Gasteiger partial charge in [0.1, 0.15) is 5.75 Å². The van der Waals surface area contributed by atoms with E-state index in [1.807, 2.05) is 11.0 Å². The lowest BCUT2D eigenvalue weighted by Crippen LogP contribution is -2.36. The van der Waals surface area contributed by atoms with Crippen LogP contribution >= 0.6 is 0 Å². The zero-order valence-corrected chi connectivity index (χ0v) is 13.3. The summed E-state index contributed by atoms with van der Waals surface area (Å²) < 4.78 is 0. The maximum atomic E-state index is 12.1. The third kappa shape index (κ3) is 4.03. The predicted molar refractivity (Wildman–Crippen MR) is 86.9 cm³/mol. The van der Waals surface area contributed by atoms with Crippen molar-refractivity contribution in [2.45, 2.75) is 44.6 Å². The number of rotatable bonds is 5. The van der Waals surface area contributed by atoms with Crippen LogP contribution in [0.2, 0.25) is 0 Å². The standard InChI is InChI=1S/C18H24N2O3/c21-16-7-3-4-13(8-16)9-17(22)19-11-14-10-18(23)20(12-14)15-5-1-2-6-15/h3-4,7-8,14-15,21H,1-2,5-6,9-12H2,(H,19,22)/t14-/m1/s1. The summed E-state index contributed by atoms with van der Waals surface area (Å²) in [6, 6.07) is 7.16. The first-order chi connectivity index (χ1) is 11.1. The molecular weight excluding hydrogens is 292 g/mol. The van der Waals surface area contributed by atoms with Crippen molar-refractivity contribution in [1.82, 2.24) is 10.2 Å². The Labute approximate surface area is 136 Å². The van der Waals surface area contributed by atoms with Crippen LogP contribution in [0.5, 0.6) is 5.75 Å². The van der Waals surface area contributed by atoms with E-state index in [0.717, 1.165) is 24.9 Å². The first-order valence-corrected chi connectivity index (χ1v) is 8.46. The molecule has 2 amide bonds. The quantitative estimate of drug-likeness (QED) is 0.871. The van der Waals surface area contributed by atoms with Crippen molar-refractivity contribution in [2.75, 3.05) is 13.1 Å². The second-order valence-corrected chi connectivity index (χ2v) is 6.71. The highest BCUT2D eigenvalue weighted by Crippen LogP contribution is 2.29. The minimum Gasteiger partial charge on any atom is -0.508 e. The van der Waals surface area contributed by atoms with Gasteiger partial charge in [-0.25, -0.2) is 0 Å². The minimum atomic E-state index is -0.0673.